The van der Waals surface area contributed by atoms with E-state index in [0.717, 1.165) is 18.5 Å². The number of hydrogen-bond acceptors (Lipinski definition) is 2. The zero-order chi connectivity index (χ0) is 13.9. The SMILES string of the molecule is CCC(=O)c1ccc(-c2cccc3c2CCN=C3)cc1. The largest absolute Gasteiger partial charge is 0.294 e. The Kier molecular flexibility index (Phi) is 3.46. The molecule has 2 aromatic rings. The van der Waals surface area contributed by atoms with Gasteiger partial charge in [-0.25, -0.2) is 0 Å². The molecule has 0 atom stereocenters. The van der Waals surface area contributed by atoms with Gasteiger partial charge in [0.15, 0.2) is 5.78 Å². The van der Waals surface area contributed by atoms with Crippen LogP contribution in [-0.4, -0.2) is 18.5 Å². The molecule has 0 bridgehead atoms. The van der Waals surface area contributed by atoms with E-state index in [2.05, 4.69) is 23.2 Å². The van der Waals surface area contributed by atoms with E-state index in [1.165, 1.54) is 22.3 Å². The van der Waals surface area contributed by atoms with Gasteiger partial charge in [0.05, 0.1) is 0 Å². The fourth-order valence-corrected chi connectivity index (χ4v) is 2.65. The summed E-state index contributed by atoms with van der Waals surface area (Å²) in [6, 6.07) is 14.3. The number of Topliss-reactive ketones (excluding diaryl/α,β-unsaturated/α-hetero) is 1. The Morgan fingerprint density at radius 2 is 1.95 bits per heavy atom. The minimum atomic E-state index is 0.193. The number of nitrogens with zero attached hydrogens (tertiary/aromatic N) is 1. The Balaban J connectivity index is 2.02. The lowest BCUT2D eigenvalue weighted by molar-refractivity contribution is 0.0988. The van der Waals surface area contributed by atoms with E-state index in [-0.39, 0.29) is 5.78 Å². The van der Waals surface area contributed by atoms with Gasteiger partial charge in [0.25, 0.3) is 0 Å². The molecule has 3 rings (SSSR count). The maximum atomic E-state index is 11.7. The van der Waals surface area contributed by atoms with Crippen molar-refractivity contribution < 1.29 is 4.79 Å². The first-order chi connectivity index (χ1) is 9.79. The minimum absolute atomic E-state index is 0.193. The molecular weight excluding hydrogens is 246 g/mol. The number of fused-ring (bicyclic) bond motifs is 1. The van der Waals surface area contributed by atoms with Crippen molar-refractivity contribution in [2.45, 2.75) is 19.8 Å². The Morgan fingerprint density at radius 1 is 1.15 bits per heavy atom. The van der Waals surface area contributed by atoms with Crippen molar-refractivity contribution in [1.82, 2.24) is 0 Å². The maximum Gasteiger partial charge on any atom is 0.162 e. The molecular formula is C18H17NO. The van der Waals surface area contributed by atoms with Crippen molar-refractivity contribution >= 4 is 12.0 Å². The second-order valence-corrected chi connectivity index (χ2v) is 5.01. The van der Waals surface area contributed by atoms with Crippen molar-refractivity contribution in [2.75, 3.05) is 6.54 Å². The number of ketones is 1. The Hall–Kier alpha value is -2.22. The topological polar surface area (TPSA) is 29.4 Å². The van der Waals surface area contributed by atoms with Crippen LogP contribution in [0.3, 0.4) is 0 Å². The maximum absolute atomic E-state index is 11.7. The van der Waals surface area contributed by atoms with Gasteiger partial charge in [-0.3, -0.25) is 9.79 Å². The number of aliphatic imine (C=N–C) groups is 1. The van der Waals surface area contributed by atoms with Gasteiger partial charge in [-0.2, -0.15) is 0 Å². The van der Waals surface area contributed by atoms with Crippen molar-refractivity contribution in [2.24, 2.45) is 4.99 Å². The van der Waals surface area contributed by atoms with E-state index in [1.54, 1.807) is 0 Å². The molecule has 0 aliphatic carbocycles. The average molecular weight is 263 g/mol. The van der Waals surface area contributed by atoms with Crippen LogP contribution in [0.5, 0.6) is 0 Å². The molecule has 20 heavy (non-hydrogen) atoms. The van der Waals surface area contributed by atoms with Gasteiger partial charge in [0.1, 0.15) is 0 Å². The van der Waals surface area contributed by atoms with Crippen LogP contribution in [0.4, 0.5) is 0 Å². The number of hydrogen-bond donors (Lipinski definition) is 0. The van der Waals surface area contributed by atoms with Gasteiger partial charge in [-0.15, -0.1) is 0 Å². The number of rotatable bonds is 3. The molecule has 0 saturated heterocycles. The van der Waals surface area contributed by atoms with E-state index in [1.807, 2.05) is 37.4 Å². The summed E-state index contributed by atoms with van der Waals surface area (Å²) in [5.41, 5.74) is 5.79. The summed E-state index contributed by atoms with van der Waals surface area (Å²) < 4.78 is 0. The monoisotopic (exact) mass is 263 g/mol. The molecule has 0 N–H and O–H groups in total. The zero-order valence-corrected chi connectivity index (χ0v) is 11.6. The quantitative estimate of drug-likeness (QED) is 0.772. The number of carbonyl (C=O) groups excluding carboxylic acids is 1. The van der Waals surface area contributed by atoms with Gasteiger partial charge in [0, 0.05) is 24.7 Å². The molecule has 1 aliphatic heterocycles. The van der Waals surface area contributed by atoms with Crippen molar-refractivity contribution in [3.05, 3.63) is 59.2 Å². The predicted octanol–water partition coefficient (Wildman–Crippen LogP) is 3.92. The molecule has 0 radical (unpaired) electrons. The lowest BCUT2D eigenvalue weighted by Crippen LogP contribution is -2.04. The van der Waals surface area contributed by atoms with Crippen LogP contribution >= 0.6 is 0 Å². The van der Waals surface area contributed by atoms with Crippen LogP contribution in [0, 0.1) is 0 Å². The Morgan fingerprint density at radius 3 is 2.70 bits per heavy atom. The Bertz CT molecular complexity index is 668. The molecule has 0 amide bonds. The van der Waals surface area contributed by atoms with E-state index < -0.39 is 0 Å². The Labute approximate surface area is 119 Å². The smallest absolute Gasteiger partial charge is 0.162 e. The van der Waals surface area contributed by atoms with Gasteiger partial charge >= 0.3 is 0 Å². The van der Waals surface area contributed by atoms with Crippen LogP contribution in [-0.2, 0) is 6.42 Å². The first-order valence-electron chi connectivity index (χ1n) is 7.05. The molecule has 0 unspecified atom stereocenters. The third kappa shape index (κ3) is 2.29. The van der Waals surface area contributed by atoms with E-state index in [9.17, 15) is 4.79 Å². The summed E-state index contributed by atoms with van der Waals surface area (Å²) in [5.74, 6) is 0.193. The summed E-state index contributed by atoms with van der Waals surface area (Å²) in [6.07, 6.45) is 3.49. The summed E-state index contributed by atoms with van der Waals surface area (Å²) >= 11 is 0. The van der Waals surface area contributed by atoms with Crippen LogP contribution in [0.1, 0.15) is 34.8 Å². The fraction of sp³-hybridized carbons (Fsp3) is 0.222. The average Bonchev–Trinajstić information content (AvgIpc) is 2.54. The van der Waals surface area contributed by atoms with Gasteiger partial charge < -0.3 is 0 Å². The summed E-state index contributed by atoms with van der Waals surface area (Å²) in [4.78, 5) is 16.0. The highest BCUT2D eigenvalue weighted by atomic mass is 16.1. The lowest BCUT2D eigenvalue weighted by Gasteiger charge is -2.15. The molecule has 0 saturated carbocycles. The highest BCUT2D eigenvalue weighted by molar-refractivity contribution is 5.96. The standard InChI is InChI=1S/C18H17NO/c1-2-18(20)14-8-6-13(7-9-14)16-5-3-4-15-12-19-11-10-17(15)16/h3-9,12H,2,10-11H2,1H3. The fourth-order valence-electron chi connectivity index (χ4n) is 2.65. The molecule has 0 spiro atoms. The van der Waals surface area contributed by atoms with Crippen molar-refractivity contribution in [3.63, 3.8) is 0 Å². The summed E-state index contributed by atoms with van der Waals surface area (Å²) in [7, 11) is 0. The predicted molar refractivity (Wildman–Crippen MR) is 82.7 cm³/mol. The number of carbonyl (C=O) groups is 1. The molecule has 100 valence electrons. The molecule has 1 heterocycles. The minimum Gasteiger partial charge on any atom is -0.294 e. The normalized spacial score (nSPS) is 13.1. The van der Waals surface area contributed by atoms with Crippen LogP contribution in [0.25, 0.3) is 11.1 Å². The summed E-state index contributed by atoms with van der Waals surface area (Å²) in [5, 5.41) is 0. The molecule has 2 nitrogen and oxygen atoms in total. The van der Waals surface area contributed by atoms with E-state index >= 15 is 0 Å². The second kappa shape index (κ2) is 5.41. The van der Waals surface area contributed by atoms with E-state index in [0.29, 0.717) is 6.42 Å². The third-order valence-electron chi connectivity index (χ3n) is 3.77. The summed E-state index contributed by atoms with van der Waals surface area (Å²) in [6.45, 7) is 2.75. The second-order valence-electron chi connectivity index (χ2n) is 5.01. The van der Waals surface area contributed by atoms with Gasteiger partial charge in [0.2, 0.25) is 0 Å². The van der Waals surface area contributed by atoms with Crippen LogP contribution < -0.4 is 0 Å². The van der Waals surface area contributed by atoms with Crippen molar-refractivity contribution in [3.8, 4) is 11.1 Å². The molecule has 0 fully saturated rings. The molecule has 0 aromatic heterocycles. The molecule has 1 aliphatic rings. The van der Waals surface area contributed by atoms with E-state index in [4.69, 9.17) is 0 Å². The lowest BCUT2D eigenvalue weighted by atomic mass is 9.92. The highest BCUT2D eigenvalue weighted by Crippen LogP contribution is 2.28. The third-order valence-corrected chi connectivity index (χ3v) is 3.77. The van der Waals surface area contributed by atoms with Crippen LogP contribution in [0.2, 0.25) is 0 Å². The first-order valence-corrected chi connectivity index (χ1v) is 7.05. The first kappa shape index (κ1) is 12.8. The van der Waals surface area contributed by atoms with Crippen molar-refractivity contribution in [1.29, 1.82) is 0 Å². The van der Waals surface area contributed by atoms with Gasteiger partial charge in [-0.05, 0) is 28.7 Å². The zero-order valence-electron chi connectivity index (χ0n) is 11.6. The highest BCUT2D eigenvalue weighted by Gasteiger charge is 2.12. The van der Waals surface area contributed by atoms with Crippen LogP contribution in [0.15, 0.2) is 47.5 Å². The molecule has 2 heteroatoms. The van der Waals surface area contributed by atoms with Gasteiger partial charge in [-0.1, -0.05) is 49.4 Å². The number of benzene rings is 2. The molecule has 2 aromatic carbocycles.